The molecule has 1 aromatic rings. The average Bonchev–Trinajstić information content (AvgIpc) is 3.02. The van der Waals surface area contributed by atoms with E-state index in [4.69, 9.17) is 10.2 Å². The van der Waals surface area contributed by atoms with Gasteiger partial charge in [-0.1, -0.05) is 12.8 Å². The van der Waals surface area contributed by atoms with Crippen molar-refractivity contribution < 1.29 is 14.0 Å². The van der Waals surface area contributed by atoms with Crippen LogP contribution < -0.4 is 16.4 Å². The van der Waals surface area contributed by atoms with Gasteiger partial charge in [0.05, 0.1) is 11.8 Å². The van der Waals surface area contributed by atoms with Gasteiger partial charge in [0.2, 0.25) is 5.91 Å². The first-order chi connectivity index (χ1) is 10.1. The molecule has 0 bridgehead atoms. The van der Waals surface area contributed by atoms with Gasteiger partial charge in [-0.15, -0.1) is 12.4 Å². The van der Waals surface area contributed by atoms with E-state index in [2.05, 4.69) is 10.6 Å². The number of furan rings is 1. The third-order valence-electron chi connectivity index (χ3n) is 4.06. The molecule has 6 nitrogen and oxygen atoms in total. The fraction of sp³-hybridized carbons (Fsp3) is 0.600. The van der Waals surface area contributed by atoms with E-state index in [0.29, 0.717) is 18.0 Å². The van der Waals surface area contributed by atoms with Gasteiger partial charge in [0.1, 0.15) is 12.3 Å². The first-order valence-electron chi connectivity index (χ1n) is 7.45. The summed E-state index contributed by atoms with van der Waals surface area (Å²) in [6, 6.07) is 1.09. The summed E-state index contributed by atoms with van der Waals surface area (Å²) in [5.74, 6) is -0.151. The predicted molar refractivity (Wildman–Crippen MR) is 85.8 cm³/mol. The maximum Gasteiger partial charge on any atom is 0.255 e. The maximum atomic E-state index is 12.2. The number of halogens is 1. The molecule has 3 atom stereocenters. The van der Waals surface area contributed by atoms with Crippen LogP contribution in [0.25, 0.3) is 0 Å². The SMILES string of the molecule is CC(NC(=O)c1ccoc1)C(=O)NC1CCCCC1CN.Cl. The van der Waals surface area contributed by atoms with E-state index in [0.717, 1.165) is 19.3 Å². The van der Waals surface area contributed by atoms with Crippen molar-refractivity contribution >= 4 is 24.2 Å². The molecule has 1 fully saturated rings. The third kappa shape index (κ3) is 4.74. The second-order valence-electron chi connectivity index (χ2n) is 5.60. The number of carbonyl (C=O) groups excluding carboxylic acids is 2. The van der Waals surface area contributed by atoms with E-state index in [1.54, 1.807) is 13.0 Å². The first kappa shape index (κ1) is 18.5. The fourth-order valence-electron chi connectivity index (χ4n) is 2.73. The van der Waals surface area contributed by atoms with Crippen LogP contribution in [0.1, 0.15) is 43.0 Å². The van der Waals surface area contributed by atoms with Crippen molar-refractivity contribution in [3.63, 3.8) is 0 Å². The van der Waals surface area contributed by atoms with Gasteiger partial charge in [0.25, 0.3) is 5.91 Å². The highest BCUT2D eigenvalue weighted by molar-refractivity contribution is 5.97. The summed E-state index contributed by atoms with van der Waals surface area (Å²) in [6.45, 7) is 2.26. The lowest BCUT2D eigenvalue weighted by molar-refractivity contribution is -0.123. The number of rotatable bonds is 5. The van der Waals surface area contributed by atoms with Gasteiger partial charge in [-0.05, 0) is 38.3 Å². The molecule has 0 spiro atoms. The topological polar surface area (TPSA) is 97.4 Å². The Kier molecular flexibility index (Phi) is 7.41. The van der Waals surface area contributed by atoms with Gasteiger partial charge in [0, 0.05) is 6.04 Å². The van der Waals surface area contributed by atoms with Gasteiger partial charge in [-0.25, -0.2) is 0 Å². The minimum absolute atomic E-state index is 0. The van der Waals surface area contributed by atoms with Crippen LogP contribution in [-0.4, -0.2) is 30.4 Å². The Balaban J connectivity index is 0.00000242. The maximum absolute atomic E-state index is 12.2. The summed E-state index contributed by atoms with van der Waals surface area (Å²) >= 11 is 0. The van der Waals surface area contributed by atoms with Crippen molar-refractivity contribution in [1.29, 1.82) is 0 Å². The molecule has 0 aromatic carbocycles. The smallest absolute Gasteiger partial charge is 0.255 e. The van der Waals surface area contributed by atoms with Crippen LogP contribution in [0.3, 0.4) is 0 Å². The van der Waals surface area contributed by atoms with Gasteiger partial charge in [0.15, 0.2) is 0 Å². The van der Waals surface area contributed by atoms with Gasteiger partial charge < -0.3 is 20.8 Å². The molecule has 1 aromatic heterocycles. The predicted octanol–water partition coefficient (Wildman–Crippen LogP) is 1.45. The summed E-state index contributed by atoms with van der Waals surface area (Å²) in [5, 5.41) is 5.68. The highest BCUT2D eigenvalue weighted by Gasteiger charge is 2.27. The number of hydrogen-bond donors (Lipinski definition) is 3. The summed E-state index contributed by atoms with van der Waals surface area (Å²) in [5.41, 5.74) is 6.17. The zero-order valence-electron chi connectivity index (χ0n) is 12.7. The van der Waals surface area contributed by atoms with E-state index < -0.39 is 6.04 Å². The molecule has 1 aliphatic rings. The largest absolute Gasteiger partial charge is 0.472 e. The van der Waals surface area contributed by atoms with Crippen LogP contribution in [0.15, 0.2) is 23.0 Å². The molecule has 1 aliphatic carbocycles. The molecule has 7 heteroatoms. The summed E-state index contributed by atoms with van der Waals surface area (Å²) < 4.78 is 4.85. The molecule has 2 rings (SSSR count). The van der Waals surface area contributed by atoms with E-state index in [1.165, 1.54) is 18.9 Å². The van der Waals surface area contributed by atoms with Crippen molar-refractivity contribution in [3.8, 4) is 0 Å². The van der Waals surface area contributed by atoms with Crippen LogP contribution in [0.2, 0.25) is 0 Å². The molecular formula is C15H24ClN3O3. The van der Waals surface area contributed by atoms with Crippen LogP contribution in [0, 0.1) is 5.92 Å². The third-order valence-corrected chi connectivity index (χ3v) is 4.06. The van der Waals surface area contributed by atoms with E-state index in [9.17, 15) is 9.59 Å². The quantitative estimate of drug-likeness (QED) is 0.761. The minimum atomic E-state index is -0.590. The van der Waals surface area contributed by atoms with Crippen molar-refractivity contribution in [2.75, 3.05) is 6.54 Å². The van der Waals surface area contributed by atoms with Crippen LogP contribution in [-0.2, 0) is 4.79 Å². The molecule has 22 heavy (non-hydrogen) atoms. The number of nitrogens with two attached hydrogens (primary N) is 1. The van der Waals surface area contributed by atoms with Crippen LogP contribution >= 0.6 is 12.4 Å². The number of carbonyl (C=O) groups is 2. The first-order valence-corrected chi connectivity index (χ1v) is 7.45. The van der Waals surface area contributed by atoms with Crippen molar-refractivity contribution in [2.45, 2.75) is 44.7 Å². The van der Waals surface area contributed by atoms with Crippen molar-refractivity contribution in [3.05, 3.63) is 24.2 Å². The Hall–Kier alpha value is -1.53. The molecule has 1 saturated carbocycles. The number of amides is 2. The summed E-state index contributed by atoms with van der Waals surface area (Å²) in [7, 11) is 0. The highest BCUT2D eigenvalue weighted by Crippen LogP contribution is 2.23. The molecule has 1 heterocycles. The Bertz CT molecular complexity index is 478. The Morgan fingerprint density at radius 1 is 1.41 bits per heavy atom. The summed E-state index contributed by atoms with van der Waals surface area (Å²) in [4.78, 5) is 24.0. The second-order valence-corrected chi connectivity index (χ2v) is 5.60. The second kappa shape index (κ2) is 8.80. The van der Waals surface area contributed by atoms with Crippen molar-refractivity contribution in [1.82, 2.24) is 10.6 Å². The lowest BCUT2D eigenvalue weighted by atomic mass is 9.84. The standard InChI is InChI=1S/C15H23N3O3.ClH/c1-10(17-15(20)12-6-7-21-9-12)14(19)18-13-5-3-2-4-11(13)8-16;/h6-7,9-11,13H,2-5,8,16H2,1H3,(H,17,20)(H,18,19);1H. The van der Waals surface area contributed by atoms with E-state index >= 15 is 0 Å². The normalized spacial score (nSPS) is 22.3. The number of hydrogen-bond acceptors (Lipinski definition) is 4. The molecule has 0 radical (unpaired) electrons. The Labute approximate surface area is 136 Å². The van der Waals surface area contributed by atoms with Crippen LogP contribution in [0.4, 0.5) is 0 Å². The van der Waals surface area contributed by atoms with Crippen molar-refractivity contribution in [2.24, 2.45) is 11.7 Å². The fourth-order valence-corrected chi connectivity index (χ4v) is 2.73. The lowest BCUT2D eigenvalue weighted by Crippen LogP contribution is -2.51. The minimum Gasteiger partial charge on any atom is -0.472 e. The average molecular weight is 330 g/mol. The van der Waals surface area contributed by atoms with E-state index in [1.807, 2.05) is 0 Å². The van der Waals surface area contributed by atoms with Gasteiger partial charge >= 0.3 is 0 Å². The molecule has 4 N–H and O–H groups in total. The highest BCUT2D eigenvalue weighted by atomic mass is 35.5. The Morgan fingerprint density at radius 3 is 2.77 bits per heavy atom. The zero-order chi connectivity index (χ0) is 15.2. The molecule has 124 valence electrons. The monoisotopic (exact) mass is 329 g/mol. The molecule has 3 unspecified atom stereocenters. The number of nitrogens with one attached hydrogen (secondary N) is 2. The van der Waals surface area contributed by atoms with Gasteiger partial charge in [-0.2, -0.15) is 0 Å². The van der Waals surface area contributed by atoms with E-state index in [-0.39, 0.29) is 30.3 Å². The Morgan fingerprint density at radius 2 is 2.14 bits per heavy atom. The molecular weight excluding hydrogens is 306 g/mol. The molecule has 0 aliphatic heterocycles. The van der Waals surface area contributed by atoms with Crippen LogP contribution in [0.5, 0.6) is 0 Å². The lowest BCUT2D eigenvalue weighted by Gasteiger charge is -2.32. The summed E-state index contributed by atoms with van der Waals surface area (Å²) in [6.07, 6.45) is 7.06. The van der Waals surface area contributed by atoms with Gasteiger partial charge in [-0.3, -0.25) is 9.59 Å². The zero-order valence-corrected chi connectivity index (χ0v) is 13.5. The molecule has 0 saturated heterocycles. The molecule has 2 amide bonds.